The van der Waals surface area contributed by atoms with Crippen LogP contribution in [0.3, 0.4) is 0 Å². The van der Waals surface area contributed by atoms with E-state index in [0.29, 0.717) is 17.6 Å². The van der Waals surface area contributed by atoms with Crippen molar-refractivity contribution in [1.29, 1.82) is 0 Å². The highest BCUT2D eigenvalue weighted by Gasteiger charge is 2.36. The minimum Gasteiger partial charge on any atom is -0.408 e. The highest BCUT2D eigenvalue weighted by Crippen LogP contribution is 2.32. The lowest BCUT2D eigenvalue weighted by Crippen LogP contribution is -2.47. The predicted molar refractivity (Wildman–Crippen MR) is 130 cm³/mol. The first-order valence-corrected chi connectivity index (χ1v) is 12.9. The fourth-order valence-corrected chi connectivity index (χ4v) is 5.77. The first-order valence-electron chi connectivity index (χ1n) is 12.0. The van der Waals surface area contributed by atoms with Gasteiger partial charge in [0.15, 0.2) is 0 Å². The number of thioether (sulfide) groups is 1. The lowest BCUT2D eigenvalue weighted by molar-refractivity contribution is -0.122. The van der Waals surface area contributed by atoms with Crippen LogP contribution < -0.4 is 0 Å². The van der Waals surface area contributed by atoms with Crippen LogP contribution in [0.15, 0.2) is 9.64 Å². The molecule has 0 radical (unpaired) electrons. The minimum absolute atomic E-state index is 0. The summed E-state index contributed by atoms with van der Waals surface area (Å²) in [6, 6.07) is -0.363. The smallest absolute Gasteiger partial charge is 0.286 e. The minimum atomic E-state index is -0.497. The molecular formula is C23H39ClN4O3S. The third-order valence-electron chi connectivity index (χ3n) is 6.69. The zero-order valence-corrected chi connectivity index (χ0v) is 21.2. The molecule has 7 nitrogen and oxygen atoms in total. The third kappa shape index (κ3) is 8.03. The summed E-state index contributed by atoms with van der Waals surface area (Å²) in [7, 11) is 4.03. The maximum absolute atomic E-state index is 13.5. The molecule has 1 aromatic heterocycles. The van der Waals surface area contributed by atoms with Crippen LogP contribution in [0, 0.1) is 5.92 Å². The van der Waals surface area contributed by atoms with E-state index in [1.54, 1.807) is 0 Å². The Morgan fingerprint density at radius 3 is 2.31 bits per heavy atom. The topological polar surface area (TPSA) is 79.5 Å². The molecule has 2 aliphatic carbocycles. The Bertz CT molecular complexity index is 689. The van der Waals surface area contributed by atoms with Gasteiger partial charge in [-0.2, -0.15) is 0 Å². The number of rotatable bonds is 11. The SMILES string of the molecule is CN(C)CCSc1nnc(C(=O)C(CC2CCCCC2)N(C=O)C2CCCCCC2)o1.Cl. The molecule has 0 spiro atoms. The lowest BCUT2D eigenvalue weighted by Gasteiger charge is -2.36. The number of carbonyl (C=O) groups is 2. The van der Waals surface area contributed by atoms with Gasteiger partial charge >= 0.3 is 0 Å². The van der Waals surface area contributed by atoms with Gasteiger partial charge in [-0.3, -0.25) is 9.59 Å². The van der Waals surface area contributed by atoms with E-state index in [9.17, 15) is 9.59 Å². The Balaban J connectivity index is 0.00000363. The van der Waals surface area contributed by atoms with Crippen LogP contribution in [-0.2, 0) is 4.79 Å². The van der Waals surface area contributed by atoms with E-state index < -0.39 is 6.04 Å². The van der Waals surface area contributed by atoms with Crippen molar-refractivity contribution in [1.82, 2.24) is 20.0 Å². The van der Waals surface area contributed by atoms with E-state index >= 15 is 0 Å². The Kier molecular flexibility index (Phi) is 12.0. The van der Waals surface area contributed by atoms with Crippen molar-refractivity contribution in [2.24, 2.45) is 5.92 Å². The Morgan fingerprint density at radius 1 is 1.06 bits per heavy atom. The Hall–Kier alpha value is -1.12. The molecule has 1 atom stereocenters. The first-order chi connectivity index (χ1) is 15.1. The van der Waals surface area contributed by atoms with Crippen molar-refractivity contribution in [2.75, 3.05) is 26.4 Å². The van der Waals surface area contributed by atoms with Gasteiger partial charge in [-0.1, -0.05) is 69.5 Å². The van der Waals surface area contributed by atoms with E-state index in [0.717, 1.165) is 57.2 Å². The summed E-state index contributed by atoms with van der Waals surface area (Å²) >= 11 is 1.46. The molecule has 1 unspecified atom stereocenters. The molecule has 9 heteroatoms. The van der Waals surface area contributed by atoms with E-state index in [1.807, 2.05) is 19.0 Å². The van der Waals surface area contributed by atoms with Gasteiger partial charge in [0.2, 0.25) is 12.2 Å². The summed E-state index contributed by atoms with van der Waals surface area (Å²) in [6.45, 7) is 0.890. The van der Waals surface area contributed by atoms with Crippen molar-refractivity contribution in [3.05, 3.63) is 5.89 Å². The average Bonchev–Trinajstić information content (AvgIpc) is 3.08. The van der Waals surface area contributed by atoms with Gasteiger partial charge in [0.05, 0.1) is 0 Å². The second kappa shape index (κ2) is 14.2. The second-order valence-corrected chi connectivity index (χ2v) is 10.4. The van der Waals surface area contributed by atoms with Crippen molar-refractivity contribution >= 4 is 36.4 Å². The van der Waals surface area contributed by atoms with Crippen molar-refractivity contribution < 1.29 is 14.0 Å². The zero-order chi connectivity index (χ0) is 22.1. The van der Waals surface area contributed by atoms with E-state index in [2.05, 4.69) is 15.1 Å². The standard InChI is InChI=1S/C23H38N4O3S.ClH/c1-26(2)14-15-31-23-25-24-22(30-23)21(29)20(16-18-10-6-5-7-11-18)27(17-28)19-12-8-3-4-9-13-19;/h17-20H,3-16H2,1-2H3;1H. The van der Waals surface area contributed by atoms with Crippen LogP contribution in [0.2, 0.25) is 0 Å². The molecule has 2 aliphatic rings. The monoisotopic (exact) mass is 486 g/mol. The van der Waals surface area contributed by atoms with Crippen LogP contribution in [0.5, 0.6) is 0 Å². The molecule has 0 aliphatic heterocycles. The highest BCUT2D eigenvalue weighted by atomic mass is 35.5. The summed E-state index contributed by atoms with van der Waals surface area (Å²) in [6.07, 6.45) is 14.2. The van der Waals surface area contributed by atoms with E-state index in [4.69, 9.17) is 4.42 Å². The van der Waals surface area contributed by atoms with Crippen molar-refractivity contribution in [3.8, 4) is 0 Å². The molecule has 0 saturated heterocycles. The van der Waals surface area contributed by atoms with Crippen LogP contribution in [0.25, 0.3) is 0 Å². The molecular weight excluding hydrogens is 448 g/mol. The number of Topliss-reactive ketones (excluding diaryl/α,β-unsaturated/α-hetero) is 1. The Morgan fingerprint density at radius 2 is 1.69 bits per heavy atom. The highest BCUT2D eigenvalue weighted by molar-refractivity contribution is 7.99. The van der Waals surface area contributed by atoms with E-state index in [1.165, 1.54) is 43.9 Å². The zero-order valence-electron chi connectivity index (χ0n) is 19.5. The number of amides is 1. The summed E-state index contributed by atoms with van der Waals surface area (Å²) in [4.78, 5) is 29.7. The van der Waals surface area contributed by atoms with Gasteiger partial charge in [-0.05, 0) is 39.3 Å². The van der Waals surface area contributed by atoms with E-state index in [-0.39, 0.29) is 30.1 Å². The number of aromatic nitrogens is 2. The normalized spacial score (nSPS) is 19.2. The van der Waals surface area contributed by atoms with Gasteiger partial charge in [0, 0.05) is 18.3 Å². The molecule has 182 valence electrons. The van der Waals surface area contributed by atoms with Crippen LogP contribution in [0.4, 0.5) is 0 Å². The van der Waals surface area contributed by atoms with Gasteiger partial charge in [-0.25, -0.2) is 0 Å². The molecule has 3 rings (SSSR count). The number of hydrogen-bond donors (Lipinski definition) is 0. The van der Waals surface area contributed by atoms with Crippen LogP contribution in [0.1, 0.15) is 87.7 Å². The number of nitrogens with zero attached hydrogens (tertiary/aromatic N) is 4. The number of ketones is 1. The number of hydrogen-bond acceptors (Lipinski definition) is 7. The van der Waals surface area contributed by atoms with Gasteiger partial charge < -0.3 is 14.2 Å². The maximum atomic E-state index is 13.5. The summed E-state index contributed by atoms with van der Waals surface area (Å²) in [5, 5.41) is 8.57. The molecule has 2 fully saturated rings. The number of carbonyl (C=O) groups excluding carboxylic acids is 2. The Labute approximate surface area is 202 Å². The molecule has 1 aromatic rings. The van der Waals surface area contributed by atoms with Crippen LogP contribution in [-0.4, -0.2) is 70.7 Å². The molecule has 2 saturated carbocycles. The summed E-state index contributed by atoms with van der Waals surface area (Å²) in [5.41, 5.74) is 0. The third-order valence-corrected chi connectivity index (χ3v) is 7.49. The fourth-order valence-electron chi connectivity index (χ4n) is 4.90. The largest absolute Gasteiger partial charge is 0.408 e. The summed E-state index contributed by atoms with van der Waals surface area (Å²) in [5.74, 6) is 1.16. The van der Waals surface area contributed by atoms with Gasteiger partial charge in [-0.15, -0.1) is 22.6 Å². The first kappa shape index (κ1) is 27.1. The fraction of sp³-hybridized carbons (Fsp3) is 0.826. The maximum Gasteiger partial charge on any atom is 0.286 e. The average molecular weight is 487 g/mol. The molecule has 1 amide bonds. The van der Waals surface area contributed by atoms with Crippen molar-refractivity contribution in [3.63, 3.8) is 0 Å². The molecule has 32 heavy (non-hydrogen) atoms. The van der Waals surface area contributed by atoms with Gasteiger partial charge in [0.1, 0.15) is 6.04 Å². The molecule has 0 aromatic carbocycles. The number of halogens is 1. The predicted octanol–water partition coefficient (Wildman–Crippen LogP) is 4.85. The second-order valence-electron chi connectivity index (χ2n) is 9.34. The van der Waals surface area contributed by atoms with Crippen molar-refractivity contribution in [2.45, 2.75) is 94.4 Å². The molecule has 1 heterocycles. The quantitative estimate of drug-likeness (QED) is 0.191. The van der Waals surface area contributed by atoms with Crippen LogP contribution >= 0.6 is 24.2 Å². The molecule has 0 bridgehead atoms. The molecule has 0 N–H and O–H groups in total. The lowest BCUT2D eigenvalue weighted by atomic mass is 9.83. The summed E-state index contributed by atoms with van der Waals surface area (Å²) < 4.78 is 5.73. The van der Waals surface area contributed by atoms with Gasteiger partial charge in [0.25, 0.3) is 11.1 Å².